The molecule has 1 N–H and O–H groups in total. The molecule has 2 saturated heterocycles. The SMILES string of the molecule is CC(C)CCn1nc(C(=O)N2CCOCC2)c2c1CCN(C(=O)c1cccc(N3CCNC3=O)c1)C2. The van der Waals surface area contributed by atoms with Crippen molar-refractivity contribution < 1.29 is 19.1 Å². The van der Waals surface area contributed by atoms with Crippen LogP contribution >= 0.6 is 0 Å². The molecule has 0 aliphatic carbocycles. The minimum atomic E-state index is -0.151. The van der Waals surface area contributed by atoms with E-state index in [-0.39, 0.29) is 17.8 Å². The Balaban J connectivity index is 1.40. The molecule has 1 aromatic carbocycles. The van der Waals surface area contributed by atoms with Gasteiger partial charge in [0.1, 0.15) is 0 Å². The predicted octanol–water partition coefficient (Wildman–Crippen LogP) is 2.13. The highest BCUT2D eigenvalue weighted by molar-refractivity contribution is 5.99. The van der Waals surface area contributed by atoms with Crippen molar-refractivity contribution in [3.05, 3.63) is 46.8 Å². The van der Waals surface area contributed by atoms with E-state index in [0.29, 0.717) is 81.8 Å². The molecule has 1 aromatic heterocycles. The molecule has 192 valence electrons. The number of carbonyl (C=O) groups is 3. The summed E-state index contributed by atoms with van der Waals surface area (Å²) >= 11 is 0. The third kappa shape index (κ3) is 4.82. The van der Waals surface area contributed by atoms with Crippen molar-refractivity contribution in [3.8, 4) is 0 Å². The van der Waals surface area contributed by atoms with Gasteiger partial charge in [0.15, 0.2) is 5.69 Å². The zero-order chi connectivity index (χ0) is 25.2. The summed E-state index contributed by atoms with van der Waals surface area (Å²) in [5.41, 5.74) is 3.60. The summed E-state index contributed by atoms with van der Waals surface area (Å²) in [6.45, 7) is 9.32. The summed E-state index contributed by atoms with van der Waals surface area (Å²) < 4.78 is 7.40. The van der Waals surface area contributed by atoms with Crippen LogP contribution in [0.2, 0.25) is 0 Å². The highest BCUT2D eigenvalue weighted by Crippen LogP contribution is 2.27. The van der Waals surface area contributed by atoms with Gasteiger partial charge in [-0.15, -0.1) is 0 Å². The van der Waals surface area contributed by atoms with Gasteiger partial charge >= 0.3 is 6.03 Å². The Bertz CT molecular complexity index is 1150. The molecule has 0 unspecified atom stereocenters. The van der Waals surface area contributed by atoms with E-state index >= 15 is 0 Å². The van der Waals surface area contributed by atoms with Crippen molar-refractivity contribution in [1.82, 2.24) is 24.9 Å². The maximum Gasteiger partial charge on any atom is 0.321 e. The second-order valence-electron chi connectivity index (χ2n) is 9.99. The lowest BCUT2D eigenvalue weighted by atomic mass is 10.0. The molecular weight excluding hydrogens is 460 g/mol. The molecule has 4 amide bonds. The first-order valence-corrected chi connectivity index (χ1v) is 12.8. The Kier molecular flexibility index (Phi) is 6.95. The predicted molar refractivity (Wildman–Crippen MR) is 134 cm³/mol. The van der Waals surface area contributed by atoms with Crippen LogP contribution in [0.3, 0.4) is 0 Å². The van der Waals surface area contributed by atoms with Crippen LogP contribution in [0.4, 0.5) is 10.5 Å². The van der Waals surface area contributed by atoms with Crippen molar-refractivity contribution in [2.45, 2.75) is 39.8 Å². The van der Waals surface area contributed by atoms with Crippen LogP contribution in [0.5, 0.6) is 0 Å². The Morgan fingerprint density at radius 3 is 2.61 bits per heavy atom. The van der Waals surface area contributed by atoms with Gasteiger partial charge in [0.2, 0.25) is 0 Å². The Hall–Kier alpha value is -3.40. The van der Waals surface area contributed by atoms with Gasteiger partial charge in [-0.25, -0.2) is 4.79 Å². The van der Waals surface area contributed by atoms with Gasteiger partial charge in [0.05, 0.1) is 19.8 Å². The normalized spacial score (nSPS) is 18.0. The summed E-state index contributed by atoms with van der Waals surface area (Å²) in [4.78, 5) is 44.3. The number of hydrogen-bond acceptors (Lipinski definition) is 5. The molecule has 0 spiro atoms. The molecular formula is C26H34N6O4. The van der Waals surface area contributed by atoms with Crippen LogP contribution in [-0.4, -0.2) is 83.4 Å². The zero-order valence-electron chi connectivity index (χ0n) is 21.0. The van der Waals surface area contributed by atoms with E-state index in [9.17, 15) is 14.4 Å². The van der Waals surface area contributed by atoms with Crippen LogP contribution in [0.25, 0.3) is 0 Å². The first-order chi connectivity index (χ1) is 17.4. The molecule has 3 aliphatic heterocycles. The van der Waals surface area contributed by atoms with Crippen LogP contribution in [0, 0.1) is 5.92 Å². The Morgan fingerprint density at radius 2 is 1.89 bits per heavy atom. The zero-order valence-corrected chi connectivity index (χ0v) is 21.0. The minimum Gasteiger partial charge on any atom is -0.378 e. The van der Waals surface area contributed by atoms with Crippen molar-refractivity contribution >= 4 is 23.5 Å². The molecule has 0 saturated carbocycles. The molecule has 3 aliphatic rings. The second kappa shape index (κ2) is 10.3. The number of urea groups is 1. The van der Waals surface area contributed by atoms with Gasteiger partial charge in [-0.05, 0) is 30.5 Å². The van der Waals surface area contributed by atoms with Crippen LogP contribution in [0.15, 0.2) is 24.3 Å². The quantitative estimate of drug-likeness (QED) is 0.663. The van der Waals surface area contributed by atoms with Gasteiger partial charge in [0, 0.05) is 68.2 Å². The second-order valence-corrected chi connectivity index (χ2v) is 9.99. The Morgan fingerprint density at radius 1 is 1.08 bits per heavy atom. The third-order valence-corrected chi connectivity index (χ3v) is 7.10. The lowest BCUT2D eigenvalue weighted by Gasteiger charge is -2.29. The number of aryl methyl sites for hydroxylation is 1. The number of hydrogen-bond donors (Lipinski definition) is 1. The average molecular weight is 495 g/mol. The topological polar surface area (TPSA) is 100 Å². The maximum absolute atomic E-state index is 13.5. The highest BCUT2D eigenvalue weighted by Gasteiger charge is 2.33. The number of benzene rings is 1. The summed E-state index contributed by atoms with van der Waals surface area (Å²) in [5.74, 6) is 0.325. The van der Waals surface area contributed by atoms with E-state index in [2.05, 4.69) is 19.2 Å². The first-order valence-electron chi connectivity index (χ1n) is 12.8. The number of ether oxygens (including phenoxy) is 1. The maximum atomic E-state index is 13.5. The van der Waals surface area contributed by atoms with E-state index < -0.39 is 0 Å². The summed E-state index contributed by atoms with van der Waals surface area (Å²) in [5, 5.41) is 7.57. The van der Waals surface area contributed by atoms with E-state index in [4.69, 9.17) is 9.84 Å². The molecule has 36 heavy (non-hydrogen) atoms. The van der Waals surface area contributed by atoms with E-state index in [1.807, 2.05) is 10.7 Å². The molecule has 10 nitrogen and oxygen atoms in total. The molecule has 2 aromatic rings. The number of fused-ring (bicyclic) bond motifs is 1. The van der Waals surface area contributed by atoms with Gasteiger partial charge in [-0.1, -0.05) is 19.9 Å². The smallest absolute Gasteiger partial charge is 0.321 e. The molecule has 10 heteroatoms. The van der Waals surface area contributed by atoms with E-state index in [0.717, 1.165) is 24.2 Å². The number of nitrogens with zero attached hydrogens (tertiary/aromatic N) is 5. The standard InChI is InChI=1S/C26H34N6O4/c1-18(2)6-10-32-22-7-9-30(17-21(22)23(28-32)25(34)29-12-14-36-15-13-29)24(33)19-4-3-5-20(16-19)31-11-8-27-26(31)35/h3-5,16,18H,6-15,17H2,1-2H3,(H,27,35). The number of anilines is 1. The number of rotatable bonds is 6. The van der Waals surface area contributed by atoms with Crippen molar-refractivity contribution in [1.29, 1.82) is 0 Å². The molecule has 0 bridgehead atoms. The lowest BCUT2D eigenvalue weighted by molar-refractivity contribution is 0.0296. The number of morpholine rings is 1. The van der Waals surface area contributed by atoms with E-state index in [1.165, 1.54) is 0 Å². The lowest BCUT2D eigenvalue weighted by Crippen LogP contribution is -2.42. The number of aromatic nitrogens is 2. The number of nitrogens with one attached hydrogen (secondary N) is 1. The van der Waals surface area contributed by atoms with Crippen molar-refractivity contribution in [2.24, 2.45) is 5.92 Å². The Labute approximate surface area is 211 Å². The van der Waals surface area contributed by atoms with Gasteiger partial charge < -0.3 is 19.9 Å². The van der Waals surface area contributed by atoms with Gasteiger partial charge in [-0.2, -0.15) is 5.10 Å². The largest absolute Gasteiger partial charge is 0.378 e. The monoisotopic (exact) mass is 494 g/mol. The van der Waals surface area contributed by atoms with Crippen LogP contribution < -0.4 is 10.2 Å². The molecule has 0 atom stereocenters. The van der Waals surface area contributed by atoms with Crippen molar-refractivity contribution in [3.63, 3.8) is 0 Å². The molecule has 2 fully saturated rings. The van der Waals surface area contributed by atoms with Gasteiger partial charge in [0.25, 0.3) is 11.8 Å². The summed E-state index contributed by atoms with van der Waals surface area (Å²) in [7, 11) is 0. The fourth-order valence-corrected chi connectivity index (χ4v) is 5.02. The number of carbonyl (C=O) groups excluding carboxylic acids is 3. The fourth-order valence-electron chi connectivity index (χ4n) is 5.02. The van der Waals surface area contributed by atoms with Crippen molar-refractivity contribution in [2.75, 3.05) is 50.8 Å². The van der Waals surface area contributed by atoms with Crippen LogP contribution in [-0.2, 0) is 24.2 Å². The van der Waals surface area contributed by atoms with Gasteiger partial charge in [-0.3, -0.25) is 19.2 Å². The highest BCUT2D eigenvalue weighted by atomic mass is 16.5. The first kappa shape index (κ1) is 24.3. The summed E-state index contributed by atoms with van der Waals surface area (Å²) in [6, 6.07) is 7.05. The van der Waals surface area contributed by atoms with Crippen LogP contribution in [0.1, 0.15) is 52.4 Å². The summed E-state index contributed by atoms with van der Waals surface area (Å²) in [6.07, 6.45) is 1.62. The molecule has 5 rings (SSSR count). The molecule has 0 radical (unpaired) electrons. The number of amides is 4. The molecule has 4 heterocycles. The minimum absolute atomic E-state index is 0.0887. The fraction of sp³-hybridized carbons (Fsp3) is 0.538. The average Bonchev–Trinajstić information content (AvgIpc) is 3.50. The van der Waals surface area contributed by atoms with E-state index in [1.54, 1.807) is 32.9 Å². The third-order valence-electron chi connectivity index (χ3n) is 7.10.